The monoisotopic (exact) mass is 195 g/mol. The molecule has 0 amide bonds. The van der Waals surface area contributed by atoms with Crippen molar-refractivity contribution >= 4 is 0 Å². The van der Waals surface area contributed by atoms with Crippen LogP contribution in [0.3, 0.4) is 0 Å². The van der Waals surface area contributed by atoms with Gasteiger partial charge in [0.25, 0.3) is 0 Å². The van der Waals surface area contributed by atoms with Gasteiger partial charge in [-0.3, -0.25) is 4.90 Å². The first-order valence-corrected chi connectivity index (χ1v) is 4.14. The van der Waals surface area contributed by atoms with Crippen LogP contribution in [0.25, 0.3) is 0 Å². The second kappa shape index (κ2) is 5.47. The molecule has 0 saturated heterocycles. The molecule has 0 aliphatic carbocycles. The van der Waals surface area contributed by atoms with Gasteiger partial charge in [0.15, 0.2) is 0 Å². The molecule has 0 fully saturated rings. The minimum absolute atomic E-state index is 0.236. The Morgan fingerprint density at radius 3 is 3.00 bits per heavy atom. The molecule has 1 rings (SSSR count). The van der Waals surface area contributed by atoms with Gasteiger partial charge in [0, 0.05) is 17.0 Å². The Hall–Kier alpha value is -1.26. The lowest BCUT2D eigenvalue weighted by atomic mass is 10.1. The maximum atomic E-state index is 8.35. The third-order valence-corrected chi connectivity index (χ3v) is 1.64. The Morgan fingerprint density at radius 1 is 1.64 bits per heavy atom. The second-order valence-corrected chi connectivity index (χ2v) is 2.73. The average Bonchev–Trinajstić information content (AvgIpc) is 2.41. The molecule has 0 N–H and O–H groups in total. The maximum absolute atomic E-state index is 8.35. The number of nitrogens with zero attached hydrogens (tertiary/aromatic N) is 1. The Balaban J connectivity index is 3.46. The van der Waals surface area contributed by atoms with Crippen molar-refractivity contribution in [2.24, 2.45) is 0 Å². The number of benzene rings is 1. The molecule has 1 aromatic rings. The predicted octanol–water partition coefficient (Wildman–Crippen LogP) is 2.18. The van der Waals surface area contributed by atoms with Gasteiger partial charge in [-0.25, -0.2) is 0 Å². The summed E-state index contributed by atoms with van der Waals surface area (Å²) in [5, 5.41) is 0. The van der Waals surface area contributed by atoms with Crippen molar-refractivity contribution in [3.63, 3.8) is 0 Å². The largest absolute Gasteiger partial charge is 0.292 e. The Labute approximate surface area is 98.0 Å². The molecule has 1 heteroatoms. The van der Waals surface area contributed by atoms with Gasteiger partial charge in [-0.2, -0.15) is 0 Å². The van der Waals surface area contributed by atoms with Crippen LogP contribution in [0.5, 0.6) is 0 Å². The lowest BCUT2D eigenvalue weighted by molar-refractivity contribution is 0.287. The summed E-state index contributed by atoms with van der Waals surface area (Å²) in [4.78, 5) is 0.414. The van der Waals surface area contributed by atoms with Crippen LogP contribution in [0.4, 0.5) is 0 Å². The molecular weight excluding hydrogens is 170 g/mol. The molecule has 2 unspecified atom stereocenters. The van der Waals surface area contributed by atoms with E-state index in [0.717, 1.165) is 0 Å². The van der Waals surface area contributed by atoms with E-state index >= 15 is 0 Å². The van der Waals surface area contributed by atoms with Gasteiger partial charge in [-0.05, 0) is 25.8 Å². The summed E-state index contributed by atoms with van der Waals surface area (Å²) in [5.41, 5.74) is 0.236. The summed E-state index contributed by atoms with van der Waals surface area (Å²) in [6.45, 7) is -6.52. The zero-order valence-electron chi connectivity index (χ0n) is 15.7. The molecule has 0 bridgehead atoms. The van der Waals surface area contributed by atoms with Crippen LogP contribution in [0.15, 0.2) is 30.3 Å². The Morgan fingerprint density at radius 2 is 2.43 bits per heavy atom. The smallest absolute Gasteiger partial charge is 0.0598 e. The molecular formula is C13H17N. The highest BCUT2D eigenvalue weighted by Crippen LogP contribution is 2.06. The summed E-state index contributed by atoms with van der Waals surface area (Å²) in [5.74, 6) is 2.07. The zero-order chi connectivity index (χ0) is 17.2. The second-order valence-electron chi connectivity index (χ2n) is 2.73. The van der Waals surface area contributed by atoms with Crippen molar-refractivity contribution in [2.75, 3.05) is 13.5 Å². The summed E-state index contributed by atoms with van der Waals surface area (Å²) in [6.07, 6.45) is 3.51. The summed E-state index contributed by atoms with van der Waals surface area (Å²) in [6, 6.07) is 5.14. The standard InChI is InChI=1S/C13H17N/c1-4-10-14(3)12(2)11-13-8-6-5-7-9-13/h1,5-9,12H,10-11H2,2-3H3/i2D3,3D3,11D,12D. The van der Waals surface area contributed by atoms with E-state index in [1.54, 1.807) is 18.2 Å². The average molecular weight is 195 g/mol. The molecule has 0 spiro atoms. The van der Waals surface area contributed by atoms with Crippen LogP contribution in [-0.2, 0) is 6.40 Å². The van der Waals surface area contributed by atoms with E-state index in [2.05, 4.69) is 5.92 Å². The molecule has 0 saturated carbocycles. The quantitative estimate of drug-likeness (QED) is 0.666. The minimum atomic E-state index is -3.04. The molecule has 1 aromatic carbocycles. The highest BCUT2D eigenvalue weighted by Gasteiger charge is 2.07. The van der Waals surface area contributed by atoms with Gasteiger partial charge in [0.05, 0.1) is 6.54 Å². The third-order valence-electron chi connectivity index (χ3n) is 1.64. The van der Waals surface area contributed by atoms with Crippen molar-refractivity contribution in [3.05, 3.63) is 35.9 Å². The maximum Gasteiger partial charge on any atom is 0.0598 e. The molecule has 14 heavy (non-hydrogen) atoms. The normalized spacial score (nSPS) is 27.1. The van der Waals surface area contributed by atoms with Crippen LogP contribution in [0.2, 0.25) is 0 Å². The lowest BCUT2D eigenvalue weighted by Gasteiger charge is -2.22. The van der Waals surface area contributed by atoms with Crippen molar-refractivity contribution in [1.82, 2.24) is 4.90 Å². The molecule has 0 aromatic heterocycles. The number of terminal acetylenes is 1. The van der Waals surface area contributed by atoms with Gasteiger partial charge >= 0.3 is 0 Å². The van der Waals surface area contributed by atoms with Crippen LogP contribution in [0.1, 0.15) is 23.4 Å². The van der Waals surface area contributed by atoms with Gasteiger partial charge < -0.3 is 0 Å². The van der Waals surface area contributed by atoms with Gasteiger partial charge in [-0.1, -0.05) is 36.3 Å². The molecule has 0 aliphatic heterocycles. The fourth-order valence-corrected chi connectivity index (χ4v) is 0.962. The van der Waals surface area contributed by atoms with Crippen molar-refractivity contribution in [1.29, 1.82) is 0 Å². The first kappa shape index (κ1) is 4.08. The first-order chi connectivity index (χ1) is 9.96. The Bertz CT molecular complexity index is 530. The first-order valence-electron chi connectivity index (χ1n) is 8.22. The molecule has 1 nitrogen and oxygen atoms in total. The van der Waals surface area contributed by atoms with E-state index in [1.165, 1.54) is 12.1 Å². The van der Waals surface area contributed by atoms with E-state index in [4.69, 9.17) is 17.4 Å². The number of rotatable bonds is 4. The predicted molar refractivity (Wildman–Crippen MR) is 61.1 cm³/mol. The molecule has 2 atom stereocenters. The van der Waals surface area contributed by atoms with Gasteiger partial charge in [-0.15, -0.1) is 6.42 Å². The van der Waals surface area contributed by atoms with Gasteiger partial charge in [0.1, 0.15) is 0 Å². The van der Waals surface area contributed by atoms with Crippen molar-refractivity contribution in [3.8, 4) is 12.3 Å². The van der Waals surface area contributed by atoms with Gasteiger partial charge in [0.2, 0.25) is 0 Å². The van der Waals surface area contributed by atoms with Crippen LogP contribution in [0, 0.1) is 12.3 Å². The van der Waals surface area contributed by atoms with E-state index in [1.807, 2.05) is 0 Å². The van der Waals surface area contributed by atoms with E-state index in [-0.39, 0.29) is 5.56 Å². The highest BCUT2D eigenvalue weighted by atomic mass is 15.1. The summed E-state index contributed by atoms with van der Waals surface area (Å²) < 4.78 is 61.9. The molecule has 74 valence electrons. The molecule has 0 radical (unpaired) electrons. The fraction of sp³-hybridized carbons (Fsp3) is 0.385. The van der Waals surface area contributed by atoms with Crippen molar-refractivity contribution in [2.45, 2.75) is 19.3 Å². The zero-order valence-corrected chi connectivity index (χ0v) is 7.70. The molecule has 0 aliphatic rings. The number of likely N-dealkylation sites (N-methyl/N-ethyl adjacent to an activating group) is 1. The number of hydrogen-bond acceptors (Lipinski definition) is 1. The van der Waals surface area contributed by atoms with Crippen molar-refractivity contribution < 1.29 is 11.0 Å². The number of hydrogen-bond donors (Lipinski definition) is 0. The topological polar surface area (TPSA) is 3.24 Å². The summed E-state index contributed by atoms with van der Waals surface area (Å²) >= 11 is 0. The third kappa shape index (κ3) is 3.24. The van der Waals surface area contributed by atoms with Crippen LogP contribution < -0.4 is 0 Å². The van der Waals surface area contributed by atoms with Crippen LogP contribution in [-0.4, -0.2) is 24.4 Å². The fourth-order valence-electron chi connectivity index (χ4n) is 0.962. The minimum Gasteiger partial charge on any atom is -0.292 e. The van der Waals surface area contributed by atoms with E-state index in [0.29, 0.717) is 4.90 Å². The SMILES string of the molecule is [2H]C(c1ccccc1)C([2H])(N(CC#C)C([2H])([2H])[2H])C([2H])([2H])[2H]. The Kier molecular flexibility index (Phi) is 1.59. The molecule has 0 heterocycles. The van der Waals surface area contributed by atoms with E-state index in [9.17, 15) is 0 Å². The lowest BCUT2D eigenvalue weighted by Crippen LogP contribution is -2.31. The summed E-state index contributed by atoms with van der Waals surface area (Å²) in [7, 11) is 0. The van der Waals surface area contributed by atoms with Crippen LogP contribution >= 0.6 is 0 Å². The van der Waals surface area contributed by atoms with E-state index < -0.39 is 32.8 Å². The highest BCUT2D eigenvalue weighted by molar-refractivity contribution is 5.15.